The van der Waals surface area contributed by atoms with Gasteiger partial charge in [-0.1, -0.05) is 13.3 Å². The van der Waals surface area contributed by atoms with E-state index in [1.807, 2.05) is 6.92 Å². The standard InChI is InChI=1S/C12H25O6P/c1-5-8-11(13)10(12(14)16-4)9-19(15,17-6-2)18-7-3/h10-11,13H,5-9H2,1-4H3/t10-,11+/m0/s1. The third-order valence-corrected chi connectivity index (χ3v) is 4.77. The molecule has 0 saturated heterocycles. The van der Waals surface area contributed by atoms with Crippen molar-refractivity contribution in [1.29, 1.82) is 0 Å². The lowest BCUT2D eigenvalue weighted by Gasteiger charge is -2.24. The second-order valence-corrected chi connectivity index (χ2v) is 6.22. The highest BCUT2D eigenvalue weighted by Crippen LogP contribution is 2.50. The van der Waals surface area contributed by atoms with E-state index in [2.05, 4.69) is 4.74 Å². The van der Waals surface area contributed by atoms with Gasteiger partial charge in [0.05, 0.1) is 38.5 Å². The molecule has 0 aliphatic carbocycles. The van der Waals surface area contributed by atoms with E-state index in [4.69, 9.17) is 9.05 Å². The summed E-state index contributed by atoms with van der Waals surface area (Å²) >= 11 is 0. The Morgan fingerprint density at radius 2 is 1.74 bits per heavy atom. The van der Waals surface area contributed by atoms with Crippen LogP contribution >= 0.6 is 7.60 Å². The molecule has 0 heterocycles. The van der Waals surface area contributed by atoms with E-state index in [0.717, 1.165) is 0 Å². The zero-order chi connectivity index (χ0) is 14.9. The van der Waals surface area contributed by atoms with Crippen molar-refractivity contribution in [3.05, 3.63) is 0 Å². The number of rotatable bonds is 10. The smallest absolute Gasteiger partial charge is 0.331 e. The molecule has 0 fully saturated rings. The Bertz CT molecular complexity index is 297. The fraction of sp³-hybridized carbons (Fsp3) is 0.917. The van der Waals surface area contributed by atoms with Crippen LogP contribution in [-0.2, 0) is 23.1 Å². The van der Waals surface area contributed by atoms with Crippen LogP contribution in [0.4, 0.5) is 0 Å². The van der Waals surface area contributed by atoms with Gasteiger partial charge in [0.25, 0.3) is 0 Å². The molecule has 7 heteroatoms. The van der Waals surface area contributed by atoms with E-state index >= 15 is 0 Å². The maximum Gasteiger partial charge on any atom is 0.331 e. The van der Waals surface area contributed by atoms with E-state index in [0.29, 0.717) is 12.8 Å². The number of carbonyl (C=O) groups excluding carboxylic acids is 1. The first kappa shape index (κ1) is 18.6. The van der Waals surface area contributed by atoms with Crippen molar-refractivity contribution in [3.8, 4) is 0 Å². The Morgan fingerprint density at radius 3 is 2.11 bits per heavy atom. The third-order valence-electron chi connectivity index (χ3n) is 2.62. The minimum atomic E-state index is -3.38. The molecule has 0 aliphatic rings. The highest BCUT2D eigenvalue weighted by atomic mass is 31.2. The summed E-state index contributed by atoms with van der Waals surface area (Å²) in [6.45, 7) is 5.72. The quantitative estimate of drug-likeness (QED) is 0.491. The molecule has 2 atom stereocenters. The second kappa shape index (κ2) is 9.48. The minimum absolute atomic E-state index is 0.164. The van der Waals surface area contributed by atoms with E-state index in [9.17, 15) is 14.5 Å². The van der Waals surface area contributed by atoms with Gasteiger partial charge in [0.15, 0.2) is 0 Å². The summed E-state index contributed by atoms with van der Waals surface area (Å²) in [7, 11) is -2.14. The number of ether oxygens (including phenoxy) is 1. The van der Waals surface area contributed by atoms with Crippen LogP contribution in [0, 0.1) is 5.92 Å². The summed E-state index contributed by atoms with van der Waals surface area (Å²) in [5.41, 5.74) is 0. The molecule has 6 nitrogen and oxygen atoms in total. The zero-order valence-corrected chi connectivity index (χ0v) is 13.0. The van der Waals surface area contributed by atoms with Crippen LogP contribution in [0.3, 0.4) is 0 Å². The molecule has 0 aromatic rings. The Hall–Kier alpha value is -0.420. The summed E-state index contributed by atoms with van der Waals surface area (Å²) in [5, 5.41) is 9.98. The molecule has 0 rings (SSSR count). The van der Waals surface area contributed by atoms with Crippen LogP contribution in [0.25, 0.3) is 0 Å². The van der Waals surface area contributed by atoms with Crippen LogP contribution in [0.5, 0.6) is 0 Å². The van der Waals surface area contributed by atoms with Gasteiger partial charge in [0, 0.05) is 0 Å². The monoisotopic (exact) mass is 296 g/mol. The highest BCUT2D eigenvalue weighted by molar-refractivity contribution is 7.53. The molecular formula is C12H25O6P. The number of hydrogen-bond acceptors (Lipinski definition) is 6. The molecule has 114 valence electrons. The number of methoxy groups -OCH3 is 1. The van der Waals surface area contributed by atoms with Crippen molar-refractivity contribution >= 4 is 13.6 Å². The van der Waals surface area contributed by atoms with Crippen LogP contribution < -0.4 is 0 Å². The molecule has 0 radical (unpaired) electrons. The van der Waals surface area contributed by atoms with Crippen LogP contribution in [-0.4, -0.2) is 43.7 Å². The lowest BCUT2D eigenvalue weighted by Crippen LogP contribution is -2.32. The fourth-order valence-corrected chi connectivity index (χ4v) is 3.72. The first-order valence-electron chi connectivity index (χ1n) is 6.58. The van der Waals surface area contributed by atoms with Gasteiger partial charge in [-0.25, -0.2) is 0 Å². The van der Waals surface area contributed by atoms with Gasteiger partial charge < -0.3 is 18.9 Å². The van der Waals surface area contributed by atoms with E-state index in [-0.39, 0.29) is 19.4 Å². The topological polar surface area (TPSA) is 82.1 Å². The summed E-state index contributed by atoms with van der Waals surface area (Å²) in [4.78, 5) is 11.7. The largest absolute Gasteiger partial charge is 0.469 e. The van der Waals surface area contributed by atoms with E-state index < -0.39 is 25.6 Å². The number of hydrogen-bond donors (Lipinski definition) is 1. The van der Waals surface area contributed by atoms with Crippen LogP contribution in [0.15, 0.2) is 0 Å². The number of aliphatic hydroxyl groups excluding tert-OH is 1. The van der Waals surface area contributed by atoms with Gasteiger partial charge in [-0.2, -0.15) is 0 Å². The molecule has 1 N–H and O–H groups in total. The third kappa shape index (κ3) is 6.52. The molecule has 0 spiro atoms. The first-order chi connectivity index (χ1) is 8.94. The minimum Gasteiger partial charge on any atom is -0.469 e. The number of esters is 1. The lowest BCUT2D eigenvalue weighted by molar-refractivity contribution is -0.148. The van der Waals surface area contributed by atoms with Crippen molar-refractivity contribution in [2.45, 2.75) is 39.7 Å². The molecule has 0 aromatic carbocycles. The summed E-state index contributed by atoms with van der Waals surface area (Å²) < 4.78 is 27.3. The van der Waals surface area contributed by atoms with Crippen molar-refractivity contribution < 1.29 is 28.3 Å². The average molecular weight is 296 g/mol. The van der Waals surface area contributed by atoms with Gasteiger partial charge in [-0.3, -0.25) is 9.36 Å². The van der Waals surface area contributed by atoms with Gasteiger partial charge in [0.2, 0.25) is 0 Å². The molecule has 0 bridgehead atoms. The van der Waals surface area contributed by atoms with Crippen molar-refractivity contribution in [2.24, 2.45) is 5.92 Å². The first-order valence-corrected chi connectivity index (χ1v) is 8.30. The highest BCUT2D eigenvalue weighted by Gasteiger charge is 2.37. The molecule has 0 aromatic heterocycles. The average Bonchev–Trinajstić information content (AvgIpc) is 2.36. The zero-order valence-electron chi connectivity index (χ0n) is 12.1. The Labute approximate surface area is 115 Å². The second-order valence-electron chi connectivity index (χ2n) is 4.11. The molecule has 0 saturated carbocycles. The summed E-state index contributed by atoms with van der Waals surface area (Å²) in [6, 6.07) is 0. The molecular weight excluding hydrogens is 271 g/mol. The maximum absolute atomic E-state index is 12.4. The molecule has 0 aliphatic heterocycles. The van der Waals surface area contributed by atoms with E-state index in [1.165, 1.54) is 7.11 Å². The van der Waals surface area contributed by atoms with Gasteiger partial charge in [-0.05, 0) is 20.3 Å². The van der Waals surface area contributed by atoms with Crippen molar-refractivity contribution in [3.63, 3.8) is 0 Å². The molecule has 0 unspecified atom stereocenters. The number of aliphatic hydroxyl groups is 1. The summed E-state index contributed by atoms with van der Waals surface area (Å²) in [5.74, 6) is -1.49. The Kier molecular flexibility index (Phi) is 9.27. The SMILES string of the molecule is CCC[C@@H](O)[C@H](CP(=O)(OCC)OCC)C(=O)OC. The maximum atomic E-state index is 12.4. The fourth-order valence-electron chi connectivity index (χ4n) is 1.78. The number of carbonyl (C=O) groups is 1. The van der Waals surface area contributed by atoms with Gasteiger partial charge in [-0.15, -0.1) is 0 Å². The lowest BCUT2D eigenvalue weighted by atomic mass is 10.0. The summed E-state index contributed by atoms with van der Waals surface area (Å²) in [6.07, 6.45) is 0.0645. The molecule has 0 amide bonds. The Morgan fingerprint density at radius 1 is 1.21 bits per heavy atom. The van der Waals surface area contributed by atoms with Crippen LogP contribution in [0.2, 0.25) is 0 Å². The van der Waals surface area contributed by atoms with Crippen molar-refractivity contribution in [2.75, 3.05) is 26.5 Å². The molecule has 19 heavy (non-hydrogen) atoms. The predicted molar refractivity (Wildman–Crippen MR) is 72.1 cm³/mol. The normalized spacial score (nSPS) is 15.0. The Balaban J connectivity index is 4.94. The van der Waals surface area contributed by atoms with Gasteiger partial charge in [0.1, 0.15) is 0 Å². The van der Waals surface area contributed by atoms with Crippen LogP contribution in [0.1, 0.15) is 33.6 Å². The van der Waals surface area contributed by atoms with Crippen molar-refractivity contribution in [1.82, 2.24) is 0 Å². The van der Waals surface area contributed by atoms with Gasteiger partial charge >= 0.3 is 13.6 Å². The predicted octanol–water partition coefficient (Wildman–Crippen LogP) is 2.20. The van der Waals surface area contributed by atoms with E-state index in [1.54, 1.807) is 13.8 Å².